The molecule has 0 aliphatic rings. The molecule has 108 valence electrons. The minimum absolute atomic E-state index is 0.145. The summed E-state index contributed by atoms with van der Waals surface area (Å²) in [5, 5.41) is 20.8. The van der Waals surface area contributed by atoms with E-state index in [-0.39, 0.29) is 12.3 Å². The van der Waals surface area contributed by atoms with Gasteiger partial charge in [-0.2, -0.15) is 0 Å². The van der Waals surface area contributed by atoms with Crippen LogP contribution in [-0.4, -0.2) is 31.4 Å². The summed E-state index contributed by atoms with van der Waals surface area (Å²) in [4.78, 5) is 11.9. The fourth-order valence-electron chi connectivity index (χ4n) is 2.24. The van der Waals surface area contributed by atoms with Crippen molar-refractivity contribution in [1.29, 1.82) is 0 Å². The van der Waals surface area contributed by atoms with E-state index in [0.29, 0.717) is 25.2 Å². The van der Waals surface area contributed by atoms with Crippen molar-refractivity contribution >= 4 is 5.91 Å². The van der Waals surface area contributed by atoms with Crippen molar-refractivity contribution in [3.05, 3.63) is 12.2 Å². The first-order valence-corrected chi connectivity index (χ1v) is 6.82. The SMILES string of the molecule is CCCC(O)(CCC)CC(=O)NCc1nncn1C. The highest BCUT2D eigenvalue weighted by atomic mass is 16.3. The molecule has 1 rings (SSSR count). The van der Waals surface area contributed by atoms with E-state index < -0.39 is 5.60 Å². The number of rotatable bonds is 8. The Balaban J connectivity index is 2.46. The van der Waals surface area contributed by atoms with Crippen LogP contribution in [0.3, 0.4) is 0 Å². The molecule has 0 bridgehead atoms. The summed E-state index contributed by atoms with van der Waals surface area (Å²) >= 11 is 0. The second-order valence-electron chi connectivity index (χ2n) is 5.04. The molecule has 0 saturated carbocycles. The van der Waals surface area contributed by atoms with Gasteiger partial charge in [-0.05, 0) is 12.8 Å². The Hall–Kier alpha value is -1.43. The van der Waals surface area contributed by atoms with E-state index in [1.807, 2.05) is 20.9 Å². The Morgan fingerprint density at radius 1 is 1.42 bits per heavy atom. The third kappa shape index (κ3) is 4.98. The first kappa shape index (κ1) is 15.6. The molecule has 0 radical (unpaired) electrons. The van der Waals surface area contributed by atoms with Gasteiger partial charge in [0.1, 0.15) is 6.33 Å². The van der Waals surface area contributed by atoms with E-state index in [0.717, 1.165) is 12.8 Å². The highest BCUT2D eigenvalue weighted by Gasteiger charge is 2.28. The van der Waals surface area contributed by atoms with Crippen LogP contribution in [0, 0.1) is 0 Å². The summed E-state index contributed by atoms with van der Waals surface area (Å²) in [6.45, 7) is 4.36. The molecule has 0 fully saturated rings. The number of carbonyl (C=O) groups is 1. The zero-order valence-corrected chi connectivity index (χ0v) is 12.0. The summed E-state index contributed by atoms with van der Waals surface area (Å²) in [5.41, 5.74) is -0.881. The Kier molecular flexibility index (Phi) is 5.95. The number of hydrogen-bond acceptors (Lipinski definition) is 4. The maximum absolute atomic E-state index is 11.9. The standard InChI is InChI=1S/C13H24N4O2/c1-4-6-13(19,7-5-2)8-12(18)14-9-11-16-15-10-17(11)3/h10,19H,4-9H2,1-3H3,(H,14,18). The first-order valence-electron chi connectivity index (χ1n) is 6.82. The number of nitrogens with zero attached hydrogens (tertiary/aromatic N) is 3. The van der Waals surface area contributed by atoms with Crippen LogP contribution < -0.4 is 5.32 Å². The van der Waals surface area contributed by atoms with Crippen molar-refractivity contribution in [2.45, 2.75) is 58.1 Å². The molecule has 1 aromatic heterocycles. The van der Waals surface area contributed by atoms with E-state index in [4.69, 9.17) is 0 Å². The van der Waals surface area contributed by atoms with Crippen LogP contribution in [0.4, 0.5) is 0 Å². The lowest BCUT2D eigenvalue weighted by Gasteiger charge is -2.26. The summed E-state index contributed by atoms with van der Waals surface area (Å²) < 4.78 is 1.75. The minimum Gasteiger partial charge on any atom is -0.389 e. The Morgan fingerprint density at radius 2 is 2.05 bits per heavy atom. The first-order chi connectivity index (χ1) is 9.00. The van der Waals surface area contributed by atoms with Gasteiger partial charge in [0.2, 0.25) is 5.91 Å². The summed E-state index contributed by atoms with van der Waals surface area (Å²) in [6, 6.07) is 0. The number of amides is 1. The number of aryl methyl sites for hydroxylation is 1. The Bertz CT molecular complexity index is 397. The van der Waals surface area contributed by atoms with Gasteiger partial charge in [0.05, 0.1) is 18.6 Å². The van der Waals surface area contributed by atoms with Gasteiger partial charge in [0.15, 0.2) is 5.82 Å². The van der Waals surface area contributed by atoms with Crippen molar-refractivity contribution < 1.29 is 9.90 Å². The number of aliphatic hydroxyl groups is 1. The third-order valence-electron chi connectivity index (χ3n) is 3.17. The second-order valence-corrected chi connectivity index (χ2v) is 5.04. The van der Waals surface area contributed by atoms with Crippen molar-refractivity contribution in [2.75, 3.05) is 0 Å². The smallest absolute Gasteiger partial charge is 0.223 e. The fraction of sp³-hybridized carbons (Fsp3) is 0.769. The van der Waals surface area contributed by atoms with E-state index in [9.17, 15) is 9.90 Å². The maximum Gasteiger partial charge on any atom is 0.223 e. The van der Waals surface area contributed by atoms with Gasteiger partial charge in [-0.15, -0.1) is 10.2 Å². The van der Waals surface area contributed by atoms with Gasteiger partial charge < -0.3 is 15.0 Å². The lowest BCUT2D eigenvalue weighted by atomic mass is 9.89. The molecule has 6 nitrogen and oxygen atoms in total. The van der Waals surface area contributed by atoms with Crippen LogP contribution in [0.15, 0.2) is 6.33 Å². The Labute approximate surface area is 114 Å². The van der Waals surface area contributed by atoms with E-state index in [2.05, 4.69) is 15.5 Å². The maximum atomic E-state index is 11.9. The quantitative estimate of drug-likeness (QED) is 0.741. The number of carbonyl (C=O) groups excluding carboxylic acids is 1. The molecular formula is C13H24N4O2. The van der Waals surface area contributed by atoms with Gasteiger partial charge in [-0.3, -0.25) is 4.79 Å². The highest BCUT2D eigenvalue weighted by molar-refractivity contribution is 5.76. The molecule has 0 aliphatic heterocycles. The van der Waals surface area contributed by atoms with E-state index in [1.165, 1.54) is 0 Å². The lowest BCUT2D eigenvalue weighted by Crippen LogP contribution is -2.36. The van der Waals surface area contributed by atoms with Crippen molar-refractivity contribution in [1.82, 2.24) is 20.1 Å². The average Bonchev–Trinajstić information content (AvgIpc) is 2.72. The molecule has 1 aromatic rings. The molecule has 6 heteroatoms. The number of nitrogens with one attached hydrogen (secondary N) is 1. The fourth-order valence-corrected chi connectivity index (χ4v) is 2.24. The molecule has 0 unspecified atom stereocenters. The van der Waals surface area contributed by atoms with Gasteiger partial charge in [-0.1, -0.05) is 26.7 Å². The molecule has 1 heterocycles. The van der Waals surface area contributed by atoms with Crippen molar-refractivity contribution in [3.8, 4) is 0 Å². The monoisotopic (exact) mass is 268 g/mol. The van der Waals surface area contributed by atoms with Crippen LogP contribution in [-0.2, 0) is 18.4 Å². The molecule has 19 heavy (non-hydrogen) atoms. The Morgan fingerprint density at radius 3 is 2.53 bits per heavy atom. The normalized spacial score (nSPS) is 11.6. The van der Waals surface area contributed by atoms with Gasteiger partial charge in [0.25, 0.3) is 0 Å². The van der Waals surface area contributed by atoms with Gasteiger partial charge in [-0.25, -0.2) is 0 Å². The predicted octanol–water partition coefficient (Wildman–Crippen LogP) is 1.15. The summed E-state index contributed by atoms with van der Waals surface area (Å²) in [6.07, 6.45) is 4.77. The van der Waals surface area contributed by atoms with Crippen LogP contribution >= 0.6 is 0 Å². The van der Waals surface area contributed by atoms with Crippen LogP contribution in [0.5, 0.6) is 0 Å². The third-order valence-corrected chi connectivity index (χ3v) is 3.17. The van der Waals surface area contributed by atoms with Crippen LogP contribution in [0.2, 0.25) is 0 Å². The van der Waals surface area contributed by atoms with E-state index in [1.54, 1.807) is 10.9 Å². The minimum atomic E-state index is -0.881. The average molecular weight is 268 g/mol. The zero-order chi connectivity index (χ0) is 14.3. The molecule has 0 aliphatic carbocycles. The molecule has 0 atom stereocenters. The van der Waals surface area contributed by atoms with Crippen molar-refractivity contribution in [3.63, 3.8) is 0 Å². The second kappa shape index (κ2) is 7.23. The predicted molar refractivity (Wildman–Crippen MR) is 72.2 cm³/mol. The van der Waals surface area contributed by atoms with E-state index >= 15 is 0 Å². The molecule has 2 N–H and O–H groups in total. The summed E-state index contributed by atoms with van der Waals surface area (Å²) in [5.74, 6) is 0.551. The molecule has 1 amide bonds. The highest BCUT2D eigenvalue weighted by Crippen LogP contribution is 2.23. The van der Waals surface area contributed by atoms with Crippen molar-refractivity contribution in [2.24, 2.45) is 7.05 Å². The van der Waals surface area contributed by atoms with Gasteiger partial charge >= 0.3 is 0 Å². The zero-order valence-electron chi connectivity index (χ0n) is 12.0. The molecule has 0 saturated heterocycles. The lowest BCUT2D eigenvalue weighted by molar-refractivity contribution is -0.127. The molecular weight excluding hydrogens is 244 g/mol. The molecule has 0 aromatic carbocycles. The number of hydrogen-bond donors (Lipinski definition) is 2. The largest absolute Gasteiger partial charge is 0.389 e. The van der Waals surface area contributed by atoms with Crippen LogP contribution in [0.25, 0.3) is 0 Å². The van der Waals surface area contributed by atoms with Crippen LogP contribution in [0.1, 0.15) is 51.8 Å². The molecule has 0 spiro atoms. The number of aromatic nitrogens is 3. The topological polar surface area (TPSA) is 80.0 Å². The van der Waals surface area contributed by atoms with Gasteiger partial charge in [0, 0.05) is 7.05 Å². The summed E-state index contributed by atoms with van der Waals surface area (Å²) in [7, 11) is 1.83.